The minimum Gasteiger partial charge on any atom is -0.345 e. The van der Waals surface area contributed by atoms with Gasteiger partial charge in [-0.25, -0.2) is 4.98 Å². The lowest BCUT2D eigenvalue weighted by atomic mass is 10.0. The van der Waals surface area contributed by atoms with E-state index < -0.39 is 0 Å². The van der Waals surface area contributed by atoms with Crippen molar-refractivity contribution < 1.29 is 9.59 Å². The lowest BCUT2D eigenvalue weighted by Crippen LogP contribution is -2.35. The maximum absolute atomic E-state index is 13.2. The Labute approximate surface area is 191 Å². The van der Waals surface area contributed by atoms with Gasteiger partial charge in [0.2, 0.25) is 5.91 Å². The largest absolute Gasteiger partial charge is 0.345 e. The normalized spacial score (nSPS) is 19.4. The molecule has 33 heavy (non-hydrogen) atoms. The number of rotatable bonds is 5. The Morgan fingerprint density at radius 3 is 2.64 bits per heavy atom. The number of nitrogens with zero attached hydrogens (tertiary/aromatic N) is 2. The van der Waals surface area contributed by atoms with Gasteiger partial charge in [0.05, 0.1) is 18.5 Å². The van der Waals surface area contributed by atoms with Gasteiger partial charge in [0, 0.05) is 29.8 Å². The third-order valence-corrected chi connectivity index (χ3v) is 6.62. The van der Waals surface area contributed by atoms with Gasteiger partial charge in [-0.05, 0) is 37.0 Å². The highest BCUT2D eigenvalue weighted by Gasteiger charge is 2.36. The second-order valence-corrected chi connectivity index (χ2v) is 8.74. The van der Waals surface area contributed by atoms with Crippen LogP contribution in [0.15, 0.2) is 59.4 Å². The number of amides is 2. The highest BCUT2D eigenvalue weighted by Crippen LogP contribution is 2.33. The number of carbonyl (C=O) groups is 2. The summed E-state index contributed by atoms with van der Waals surface area (Å²) in [6.45, 7) is 2.46. The maximum atomic E-state index is 13.2. The van der Waals surface area contributed by atoms with Gasteiger partial charge in [-0.1, -0.05) is 48.5 Å². The van der Waals surface area contributed by atoms with Crippen molar-refractivity contribution >= 4 is 11.8 Å². The van der Waals surface area contributed by atoms with E-state index in [1.165, 1.54) is 0 Å². The number of aryl methyl sites for hydroxylation is 1. The smallest absolute Gasteiger partial charge is 0.254 e. The van der Waals surface area contributed by atoms with Crippen LogP contribution in [0, 0.1) is 6.92 Å². The summed E-state index contributed by atoms with van der Waals surface area (Å²) in [7, 11) is 0. The number of likely N-dealkylation sites (tertiary alicyclic amines) is 1. The Hall–Kier alpha value is -3.74. The zero-order valence-corrected chi connectivity index (χ0v) is 18.5. The van der Waals surface area contributed by atoms with Crippen molar-refractivity contribution in [3.63, 3.8) is 0 Å². The lowest BCUT2D eigenvalue weighted by molar-refractivity contribution is -0.132. The van der Waals surface area contributed by atoms with E-state index in [-0.39, 0.29) is 35.9 Å². The van der Waals surface area contributed by atoms with Crippen LogP contribution in [0.1, 0.15) is 69.9 Å². The second-order valence-electron chi connectivity index (χ2n) is 8.74. The molecule has 2 N–H and O–H groups in total. The van der Waals surface area contributed by atoms with Crippen LogP contribution >= 0.6 is 0 Å². The highest BCUT2D eigenvalue weighted by atomic mass is 16.2. The van der Waals surface area contributed by atoms with E-state index >= 15 is 0 Å². The fourth-order valence-electron chi connectivity index (χ4n) is 4.92. The van der Waals surface area contributed by atoms with Crippen molar-refractivity contribution in [2.75, 3.05) is 6.54 Å². The van der Waals surface area contributed by atoms with E-state index in [4.69, 9.17) is 4.98 Å². The van der Waals surface area contributed by atoms with Crippen LogP contribution in [-0.4, -0.2) is 33.2 Å². The van der Waals surface area contributed by atoms with Crippen molar-refractivity contribution in [1.82, 2.24) is 20.2 Å². The Balaban J connectivity index is 1.35. The van der Waals surface area contributed by atoms with E-state index in [0.29, 0.717) is 35.6 Å². The molecule has 1 aromatic heterocycles. The van der Waals surface area contributed by atoms with Crippen molar-refractivity contribution in [3.8, 4) is 0 Å². The van der Waals surface area contributed by atoms with Gasteiger partial charge in [-0.15, -0.1) is 0 Å². The van der Waals surface area contributed by atoms with Crippen LogP contribution in [-0.2, 0) is 11.2 Å². The van der Waals surface area contributed by atoms with Crippen molar-refractivity contribution in [3.05, 3.63) is 98.7 Å². The third kappa shape index (κ3) is 4.06. The Morgan fingerprint density at radius 1 is 1.09 bits per heavy atom. The van der Waals surface area contributed by atoms with Gasteiger partial charge in [-0.2, -0.15) is 0 Å². The molecule has 2 aliphatic rings. The maximum Gasteiger partial charge on any atom is 0.254 e. The first-order valence-electron chi connectivity index (χ1n) is 11.3. The molecule has 0 unspecified atom stereocenters. The molecular formula is C26H26N4O3. The molecule has 0 aliphatic carbocycles. The number of fused-ring (bicyclic) bond motifs is 1. The summed E-state index contributed by atoms with van der Waals surface area (Å²) in [5.74, 6) is 0.348. The average molecular weight is 443 g/mol. The molecule has 2 aromatic carbocycles. The SMILES string of the molecule is Cc1nc([C@@H]2CCCN2C(=O)C[C@H]2NC(=O)c3ccccc32)[nH]c(=O)c1Cc1ccccc1. The predicted octanol–water partition coefficient (Wildman–Crippen LogP) is 3.21. The van der Waals surface area contributed by atoms with E-state index in [1.807, 2.05) is 55.5 Å². The number of nitrogens with one attached hydrogen (secondary N) is 2. The second kappa shape index (κ2) is 8.65. The number of H-pyrrole nitrogens is 1. The monoisotopic (exact) mass is 442 g/mol. The molecule has 7 nitrogen and oxygen atoms in total. The molecule has 2 atom stereocenters. The fourth-order valence-corrected chi connectivity index (χ4v) is 4.92. The van der Waals surface area contributed by atoms with Crippen molar-refractivity contribution in [1.29, 1.82) is 0 Å². The minimum atomic E-state index is -0.329. The summed E-state index contributed by atoms with van der Waals surface area (Å²) < 4.78 is 0. The zero-order chi connectivity index (χ0) is 22.9. The molecule has 0 spiro atoms. The van der Waals surface area contributed by atoms with Gasteiger partial charge in [-0.3, -0.25) is 14.4 Å². The van der Waals surface area contributed by atoms with Crippen LogP contribution in [0.25, 0.3) is 0 Å². The molecular weight excluding hydrogens is 416 g/mol. The molecule has 3 heterocycles. The zero-order valence-electron chi connectivity index (χ0n) is 18.5. The third-order valence-electron chi connectivity index (χ3n) is 6.62. The number of hydrogen-bond donors (Lipinski definition) is 2. The first-order valence-corrected chi connectivity index (χ1v) is 11.3. The molecule has 2 amide bonds. The summed E-state index contributed by atoms with van der Waals surface area (Å²) in [4.78, 5) is 47.8. The van der Waals surface area contributed by atoms with Gasteiger partial charge < -0.3 is 15.2 Å². The standard InChI is InChI=1S/C26H26N4O3/c1-16-20(14-17-8-3-2-4-9-17)26(33)29-24(27-16)22-12-7-13-30(22)23(31)15-21-18-10-5-6-11-19(18)25(32)28-21/h2-6,8-11,21-22H,7,12-15H2,1H3,(H,28,32)(H,27,29,33)/t21-,22+/m1/s1. The first kappa shape index (κ1) is 21.1. The Morgan fingerprint density at radius 2 is 1.85 bits per heavy atom. The summed E-state index contributed by atoms with van der Waals surface area (Å²) >= 11 is 0. The van der Waals surface area contributed by atoms with E-state index in [2.05, 4.69) is 10.3 Å². The van der Waals surface area contributed by atoms with Gasteiger partial charge in [0.15, 0.2) is 0 Å². The summed E-state index contributed by atoms with van der Waals surface area (Å²) in [5, 5.41) is 2.92. The van der Waals surface area contributed by atoms with Crippen LogP contribution in [0.2, 0.25) is 0 Å². The topological polar surface area (TPSA) is 95.2 Å². The van der Waals surface area contributed by atoms with Crippen molar-refractivity contribution in [2.45, 2.75) is 44.7 Å². The quantitative estimate of drug-likeness (QED) is 0.634. The Kier molecular flexibility index (Phi) is 5.54. The van der Waals surface area contributed by atoms with Gasteiger partial charge in [0.25, 0.3) is 11.5 Å². The van der Waals surface area contributed by atoms with Crippen LogP contribution in [0.4, 0.5) is 0 Å². The summed E-state index contributed by atoms with van der Waals surface area (Å²) in [6, 6.07) is 16.6. The fraction of sp³-hybridized carbons (Fsp3) is 0.308. The molecule has 5 rings (SSSR count). The number of carbonyl (C=O) groups excluding carboxylic acids is 2. The first-order chi connectivity index (χ1) is 16.0. The minimum absolute atomic E-state index is 0.0480. The molecule has 168 valence electrons. The van der Waals surface area contributed by atoms with Crippen LogP contribution < -0.4 is 10.9 Å². The Bertz CT molecular complexity index is 1270. The van der Waals surface area contributed by atoms with E-state index in [1.54, 1.807) is 11.0 Å². The highest BCUT2D eigenvalue weighted by molar-refractivity contribution is 5.99. The van der Waals surface area contributed by atoms with E-state index in [0.717, 1.165) is 24.0 Å². The average Bonchev–Trinajstić information content (AvgIpc) is 3.42. The number of benzene rings is 2. The molecule has 1 fully saturated rings. The molecule has 1 saturated heterocycles. The summed E-state index contributed by atoms with van der Waals surface area (Å²) in [5.41, 5.74) is 3.72. The number of aromatic amines is 1. The molecule has 0 bridgehead atoms. The molecule has 0 radical (unpaired) electrons. The van der Waals surface area contributed by atoms with Gasteiger partial charge in [0.1, 0.15) is 5.82 Å². The molecule has 0 saturated carbocycles. The number of aromatic nitrogens is 2. The van der Waals surface area contributed by atoms with Crippen LogP contribution in [0.5, 0.6) is 0 Å². The number of hydrogen-bond acceptors (Lipinski definition) is 4. The predicted molar refractivity (Wildman–Crippen MR) is 124 cm³/mol. The van der Waals surface area contributed by atoms with Crippen molar-refractivity contribution in [2.24, 2.45) is 0 Å². The summed E-state index contributed by atoms with van der Waals surface area (Å²) in [6.07, 6.45) is 2.30. The van der Waals surface area contributed by atoms with E-state index in [9.17, 15) is 14.4 Å². The lowest BCUT2D eigenvalue weighted by Gasteiger charge is -2.26. The molecule has 2 aliphatic heterocycles. The molecule has 7 heteroatoms. The van der Waals surface area contributed by atoms with Crippen LogP contribution in [0.3, 0.4) is 0 Å². The molecule has 3 aromatic rings. The van der Waals surface area contributed by atoms with Gasteiger partial charge >= 0.3 is 0 Å².